The van der Waals surface area contributed by atoms with Crippen LogP contribution < -0.4 is 10.1 Å². The van der Waals surface area contributed by atoms with Gasteiger partial charge in [0.1, 0.15) is 5.75 Å². The van der Waals surface area contributed by atoms with Gasteiger partial charge >= 0.3 is 6.03 Å². The summed E-state index contributed by atoms with van der Waals surface area (Å²) >= 11 is 0. The van der Waals surface area contributed by atoms with Gasteiger partial charge in [0.05, 0.1) is 12.7 Å². The highest BCUT2D eigenvalue weighted by molar-refractivity contribution is 5.89. The summed E-state index contributed by atoms with van der Waals surface area (Å²) in [4.78, 5) is 28.8. The first-order valence-corrected chi connectivity index (χ1v) is 10.6. The van der Waals surface area contributed by atoms with Crippen molar-refractivity contribution in [2.75, 3.05) is 32.1 Å². The van der Waals surface area contributed by atoms with Crippen molar-refractivity contribution in [3.05, 3.63) is 24.3 Å². The number of likely N-dealkylation sites (tertiary alicyclic amines) is 1. The smallest absolute Gasteiger partial charge is 0.321 e. The highest BCUT2D eigenvalue weighted by Crippen LogP contribution is 2.40. The molecule has 7 nitrogen and oxygen atoms in total. The van der Waals surface area contributed by atoms with E-state index in [4.69, 9.17) is 9.47 Å². The quantitative estimate of drug-likeness (QED) is 0.841. The molecule has 1 unspecified atom stereocenters. The molecule has 7 heteroatoms. The van der Waals surface area contributed by atoms with Crippen molar-refractivity contribution in [2.45, 2.75) is 63.1 Å². The van der Waals surface area contributed by atoms with Gasteiger partial charge in [-0.1, -0.05) is 0 Å². The van der Waals surface area contributed by atoms with Gasteiger partial charge in [-0.3, -0.25) is 4.79 Å². The average Bonchev–Trinajstić information content (AvgIpc) is 3.54. The molecule has 29 heavy (non-hydrogen) atoms. The van der Waals surface area contributed by atoms with Crippen LogP contribution in [0.3, 0.4) is 0 Å². The van der Waals surface area contributed by atoms with E-state index in [-0.39, 0.29) is 23.6 Å². The van der Waals surface area contributed by atoms with Crippen LogP contribution in [0.1, 0.15) is 45.4 Å². The number of benzene rings is 1. The second-order valence-electron chi connectivity index (χ2n) is 8.48. The molecule has 1 aromatic carbocycles. The largest absolute Gasteiger partial charge is 0.497 e. The Balaban J connectivity index is 1.33. The maximum atomic E-state index is 12.6. The number of methoxy groups -OCH3 is 1. The summed E-state index contributed by atoms with van der Waals surface area (Å²) in [5.74, 6) is 0.948. The Bertz CT molecular complexity index is 739. The van der Waals surface area contributed by atoms with Gasteiger partial charge in [-0.15, -0.1) is 0 Å². The fraction of sp³-hybridized carbons (Fsp3) is 0.636. The molecule has 1 atom stereocenters. The van der Waals surface area contributed by atoms with E-state index < -0.39 is 0 Å². The minimum Gasteiger partial charge on any atom is -0.497 e. The van der Waals surface area contributed by atoms with Gasteiger partial charge in [0.25, 0.3) is 0 Å². The lowest BCUT2D eigenvalue weighted by Gasteiger charge is -2.48. The van der Waals surface area contributed by atoms with Crippen LogP contribution in [0.2, 0.25) is 0 Å². The van der Waals surface area contributed by atoms with Crippen LogP contribution in [0.15, 0.2) is 24.3 Å². The molecule has 1 aliphatic carbocycles. The van der Waals surface area contributed by atoms with Crippen molar-refractivity contribution >= 4 is 17.6 Å². The molecular weight excluding hydrogens is 370 g/mol. The first-order chi connectivity index (χ1) is 14.0. The Morgan fingerprint density at radius 2 is 1.83 bits per heavy atom. The summed E-state index contributed by atoms with van der Waals surface area (Å²) in [5.41, 5.74) is 0.550. The SMILES string of the molecule is COc1ccc(NC(=O)N2CCC3(CC2)CC(N(C(C)=O)C2CC2)CCO3)cc1. The van der Waals surface area contributed by atoms with E-state index in [1.165, 1.54) is 0 Å². The van der Waals surface area contributed by atoms with Crippen LogP contribution >= 0.6 is 0 Å². The molecule has 3 aliphatic rings. The molecule has 2 saturated heterocycles. The molecule has 3 fully saturated rings. The number of piperidine rings is 1. The molecule has 2 aliphatic heterocycles. The van der Waals surface area contributed by atoms with Crippen LogP contribution in [-0.4, -0.2) is 66.2 Å². The van der Waals surface area contributed by atoms with Crippen molar-refractivity contribution in [1.82, 2.24) is 9.80 Å². The van der Waals surface area contributed by atoms with Gasteiger partial charge in [-0.25, -0.2) is 4.79 Å². The number of anilines is 1. The molecule has 3 amide bonds. The van der Waals surface area contributed by atoms with Crippen molar-refractivity contribution < 1.29 is 19.1 Å². The molecule has 1 aromatic rings. The second kappa shape index (κ2) is 8.22. The normalized spacial score (nSPS) is 23.5. The number of hydrogen-bond donors (Lipinski definition) is 1. The summed E-state index contributed by atoms with van der Waals surface area (Å²) in [5, 5.41) is 2.96. The molecule has 1 spiro atoms. The number of amides is 3. The van der Waals surface area contributed by atoms with E-state index in [2.05, 4.69) is 10.2 Å². The third-order valence-corrected chi connectivity index (χ3v) is 6.47. The molecule has 4 rings (SSSR count). The van der Waals surface area contributed by atoms with Crippen molar-refractivity contribution in [2.24, 2.45) is 0 Å². The number of nitrogens with one attached hydrogen (secondary N) is 1. The Kier molecular flexibility index (Phi) is 5.67. The maximum absolute atomic E-state index is 12.6. The minimum absolute atomic E-state index is 0.0827. The van der Waals surface area contributed by atoms with Gasteiger partial charge in [0.2, 0.25) is 5.91 Å². The number of rotatable bonds is 4. The summed E-state index contributed by atoms with van der Waals surface area (Å²) in [7, 11) is 1.62. The molecule has 0 radical (unpaired) electrons. The molecule has 158 valence electrons. The van der Waals surface area contributed by atoms with Gasteiger partial charge in [-0.2, -0.15) is 0 Å². The molecule has 1 saturated carbocycles. The van der Waals surface area contributed by atoms with Crippen molar-refractivity contribution in [1.29, 1.82) is 0 Å². The third kappa shape index (κ3) is 4.50. The Morgan fingerprint density at radius 3 is 2.41 bits per heavy atom. The average molecular weight is 402 g/mol. The van der Waals surface area contributed by atoms with Crippen molar-refractivity contribution in [3.8, 4) is 5.75 Å². The monoisotopic (exact) mass is 401 g/mol. The van der Waals surface area contributed by atoms with Gasteiger partial charge in [0.15, 0.2) is 0 Å². The summed E-state index contributed by atoms with van der Waals surface area (Å²) in [6.07, 6.45) is 5.69. The molecule has 1 N–H and O–H groups in total. The van der Waals surface area contributed by atoms with Gasteiger partial charge < -0.3 is 24.6 Å². The van der Waals surface area contributed by atoms with Crippen LogP contribution in [-0.2, 0) is 9.53 Å². The van der Waals surface area contributed by atoms with E-state index in [9.17, 15) is 9.59 Å². The summed E-state index contributed by atoms with van der Waals surface area (Å²) in [6.45, 7) is 3.71. The second-order valence-corrected chi connectivity index (χ2v) is 8.48. The number of carbonyl (C=O) groups excluding carboxylic acids is 2. The van der Waals surface area contributed by atoms with E-state index in [1.54, 1.807) is 14.0 Å². The third-order valence-electron chi connectivity index (χ3n) is 6.47. The maximum Gasteiger partial charge on any atom is 0.321 e. The summed E-state index contributed by atoms with van der Waals surface area (Å²) in [6, 6.07) is 7.96. The molecule has 0 bridgehead atoms. The Morgan fingerprint density at radius 1 is 1.14 bits per heavy atom. The van der Waals surface area contributed by atoms with Gasteiger partial charge in [-0.05, 0) is 62.8 Å². The minimum atomic E-state index is -0.206. The Labute approximate surface area is 172 Å². The van der Waals surface area contributed by atoms with E-state index in [0.29, 0.717) is 25.7 Å². The number of urea groups is 1. The standard InChI is InChI=1S/C22H31N3O4/c1-16(26)25(18-5-6-18)19-9-14-29-22(15-19)10-12-24(13-11-22)21(27)23-17-3-7-20(28-2)8-4-17/h3-4,7-8,18-19H,5-6,9-15H2,1-2H3,(H,23,27). The van der Waals surface area contributed by atoms with E-state index >= 15 is 0 Å². The predicted molar refractivity (Wildman–Crippen MR) is 110 cm³/mol. The number of ether oxygens (including phenoxy) is 2. The van der Waals surface area contributed by atoms with Gasteiger partial charge in [0, 0.05) is 44.4 Å². The zero-order chi connectivity index (χ0) is 20.4. The lowest BCUT2D eigenvalue weighted by Crippen LogP contribution is -2.56. The highest BCUT2D eigenvalue weighted by Gasteiger charge is 2.45. The fourth-order valence-electron chi connectivity index (χ4n) is 4.75. The van der Waals surface area contributed by atoms with Crippen LogP contribution in [0.5, 0.6) is 5.75 Å². The van der Waals surface area contributed by atoms with Crippen molar-refractivity contribution in [3.63, 3.8) is 0 Å². The topological polar surface area (TPSA) is 71.1 Å². The number of carbonyl (C=O) groups is 2. The van der Waals surface area contributed by atoms with E-state index in [1.807, 2.05) is 29.2 Å². The first-order valence-electron chi connectivity index (χ1n) is 10.6. The van der Waals surface area contributed by atoms with E-state index in [0.717, 1.165) is 50.0 Å². The number of nitrogens with zero attached hydrogens (tertiary/aromatic N) is 2. The summed E-state index contributed by atoms with van der Waals surface area (Å²) < 4.78 is 11.4. The predicted octanol–water partition coefficient (Wildman–Crippen LogP) is 3.25. The fourth-order valence-corrected chi connectivity index (χ4v) is 4.75. The van der Waals surface area contributed by atoms with Crippen LogP contribution in [0.25, 0.3) is 0 Å². The lowest BCUT2D eigenvalue weighted by atomic mass is 9.81. The highest BCUT2D eigenvalue weighted by atomic mass is 16.5. The van der Waals surface area contributed by atoms with Crippen LogP contribution in [0.4, 0.5) is 10.5 Å². The Hall–Kier alpha value is -2.28. The molecule has 2 heterocycles. The first kappa shape index (κ1) is 20.0. The zero-order valence-electron chi connectivity index (χ0n) is 17.4. The molecule has 0 aromatic heterocycles. The lowest BCUT2D eigenvalue weighted by molar-refractivity contribution is -0.148. The molecular formula is C22H31N3O4. The number of hydrogen-bond acceptors (Lipinski definition) is 4. The zero-order valence-corrected chi connectivity index (χ0v) is 17.4. The van der Waals surface area contributed by atoms with Crippen LogP contribution in [0, 0.1) is 0 Å².